The number of amides is 1. The Bertz CT molecular complexity index is 466. The maximum absolute atomic E-state index is 12.0. The zero-order chi connectivity index (χ0) is 16.8. The van der Waals surface area contributed by atoms with E-state index in [0.717, 1.165) is 5.69 Å². The molecule has 1 rings (SSSR count). The van der Waals surface area contributed by atoms with Gasteiger partial charge in [-0.1, -0.05) is 32.9 Å². The summed E-state index contributed by atoms with van der Waals surface area (Å²) in [7, 11) is 3.33. The van der Waals surface area contributed by atoms with Crippen LogP contribution in [0.15, 0.2) is 24.3 Å². The molecule has 0 saturated heterocycles. The first-order valence-corrected chi connectivity index (χ1v) is 7.48. The van der Waals surface area contributed by atoms with Gasteiger partial charge in [0.1, 0.15) is 0 Å². The van der Waals surface area contributed by atoms with Crippen LogP contribution in [0.2, 0.25) is 0 Å². The van der Waals surface area contributed by atoms with Crippen LogP contribution < -0.4 is 5.32 Å². The Balaban J connectivity index is 2.48. The van der Waals surface area contributed by atoms with E-state index in [1.807, 2.05) is 24.3 Å². The minimum atomic E-state index is -0.589. The van der Waals surface area contributed by atoms with Gasteiger partial charge in [-0.3, -0.25) is 9.69 Å². The van der Waals surface area contributed by atoms with Crippen molar-refractivity contribution in [2.75, 3.05) is 39.2 Å². The minimum Gasteiger partial charge on any atom is -0.389 e. The molecule has 0 aromatic heterocycles. The average molecular weight is 308 g/mol. The molecule has 0 fully saturated rings. The first kappa shape index (κ1) is 18.6. The maximum Gasteiger partial charge on any atom is 0.238 e. The van der Waals surface area contributed by atoms with Crippen LogP contribution in [-0.2, 0) is 14.9 Å². The third-order valence-electron chi connectivity index (χ3n) is 3.33. The summed E-state index contributed by atoms with van der Waals surface area (Å²) < 4.78 is 4.87. The summed E-state index contributed by atoms with van der Waals surface area (Å²) >= 11 is 0. The molecule has 124 valence electrons. The lowest BCUT2D eigenvalue weighted by Gasteiger charge is -2.20. The third kappa shape index (κ3) is 6.56. The molecule has 1 unspecified atom stereocenters. The number of likely N-dealkylation sites (N-methyl/N-ethyl adjacent to an activating group) is 1. The molecule has 1 amide bonds. The van der Waals surface area contributed by atoms with E-state index in [9.17, 15) is 9.90 Å². The molecule has 0 aliphatic rings. The van der Waals surface area contributed by atoms with E-state index in [-0.39, 0.29) is 24.5 Å². The van der Waals surface area contributed by atoms with E-state index in [1.165, 1.54) is 12.7 Å². The zero-order valence-electron chi connectivity index (χ0n) is 14.2. The van der Waals surface area contributed by atoms with Gasteiger partial charge < -0.3 is 15.2 Å². The Hall–Kier alpha value is -1.43. The smallest absolute Gasteiger partial charge is 0.238 e. The summed E-state index contributed by atoms with van der Waals surface area (Å²) in [5.74, 6) is -0.101. The highest BCUT2D eigenvalue weighted by Crippen LogP contribution is 2.23. The van der Waals surface area contributed by atoms with Crippen molar-refractivity contribution in [2.24, 2.45) is 0 Å². The lowest BCUT2D eigenvalue weighted by Crippen LogP contribution is -2.37. The molecule has 0 bridgehead atoms. The standard InChI is InChI=1S/C17H28N2O3/c1-17(2,3)13-6-8-14(9-7-13)18-16(21)11-19(4)10-15(20)12-22-5/h6-9,15,20H,10-12H2,1-5H3,(H,18,21). The normalized spacial score (nSPS) is 13.2. The third-order valence-corrected chi connectivity index (χ3v) is 3.33. The van der Waals surface area contributed by atoms with E-state index < -0.39 is 6.10 Å². The van der Waals surface area contributed by atoms with Crippen molar-refractivity contribution in [3.63, 3.8) is 0 Å². The summed E-state index contributed by atoms with van der Waals surface area (Å²) in [5, 5.41) is 12.5. The van der Waals surface area contributed by atoms with Crippen molar-refractivity contribution in [1.82, 2.24) is 4.90 Å². The van der Waals surface area contributed by atoms with Crippen LogP contribution >= 0.6 is 0 Å². The second-order valence-corrected chi connectivity index (χ2v) is 6.68. The van der Waals surface area contributed by atoms with Gasteiger partial charge in [0.15, 0.2) is 0 Å². The van der Waals surface area contributed by atoms with Crippen molar-refractivity contribution >= 4 is 11.6 Å². The molecule has 0 radical (unpaired) electrons. The van der Waals surface area contributed by atoms with E-state index in [0.29, 0.717) is 6.54 Å². The van der Waals surface area contributed by atoms with Crippen LogP contribution in [0.25, 0.3) is 0 Å². The molecule has 0 saturated carbocycles. The Morgan fingerprint density at radius 3 is 2.41 bits per heavy atom. The van der Waals surface area contributed by atoms with Gasteiger partial charge in [-0.25, -0.2) is 0 Å². The van der Waals surface area contributed by atoms with Crippen LogP contribution in [0, 0.1) is 0 Å². The van der Waals surface area contributed by atoms with Crippen molar-refractivity contribution in [1.29, 1.82) is 0 Å². The lowest BCUT2D eigenvalue weighted by atomic mass is 9.87. The number of methoxy groups -OCH3 is 1. The monoisotopic (exact) mass is 308 g/mol. The van der Waals surface area contributed by atoms with Crippen LogP contribution in [0.1, 0.15) is 26.3 Å². The molecular formula is C17H28N2O3. The van der Waals surface area contributed by atoms with E-state index in [4.69, 9.17) is 4.74 Å². The summed E-state index contributed by atoms with van der Waals surface area (Å²) in [6.45, 7) is 7.34. The Kier molecular flexibility index (Phi) is 7.00. The fraction of sp³-hybridized carbons (Fsp3) is 0.588. The van der Waals surface area contributed by atoms with Crippen molar-refractivity contribution in [3.05, 3.63) is 29.8 Å². The highest BCUT2D eigenvalue weighted by Gasteiger charge is 2.14. The van der Waals surface area contributed by atoms with Crippen LogP contribution in [0.4, 0.5) is 5.69 Å². The topological polar surface area (TPSA) is 61.8 Å². The van der Waals surface area contributed by atoms with Gasteiger partial charge in [0.2, 0.25) is 5.91 Å². The molecular weight excluding hydrogens is 280 g/mol. The number of nitrogens with zero attached hydrogens (tertiary/aromatic N) is 1. The largest absolute Gasteiger partial charge is 0.389 e. The number of nitrogens with one attached hydrogen (secondary N) is 1. The van der Waals surface area contributed by atoms with Crippen molar-refractivity contribution in [3.8, 4) is 0 Å². The Labute approximate surface area is 133 Å². The SMILES string of the molecule is COCC(O)CN(C)CC(=O)Nc1ccc(C(C)(C)C)cc1. The van der Waals surface area contributed by atoms with Gasteiger partial charge in [0.05, 0.1) is 19.3 Å². The maximum atomic E-state index is 12.0. The number of ether oxygens (including phenoxy) is 1. The fourth-order valence-electron chi connectivity index (χ4n) is 2.17. The number of carbonyl (C=O) groups excluding carboxylic acids is 1. The molecule has 2 N–H and O–H groups in total. The molecule has 1 aromatic rings. The Morgan fingerprint density at radius 2 is 1.91 bits per heavy atom. The number of carbonyl (C=O) groups is 1. The van der Waals surface area contributed by atoms with E-state index in [2.05, 4.69) is 26.1 Å². The molecule has 0 aliphatic heterocycles. The lowest BCUT2D eigenvalue weighted by molar-refractivity contribution is -0.117. The van der Waals surface area contributed by atoms with Crippen LogP contribution in [0.3, 0.4) is 0 Å². The van der Waals surface area contributed by atoms with Gasteiger partial charge in [0.25, 0.3) is 0 Å². The first-order chi connectivity index (χ1) is 10.2. The number of aliphatic hydroxyl groups excluding tert-OH is 1. The summed E-state index contributed by atoms with van der Waals surface area (Å²) in [5.41, 5.74) is 2.11. The predicted molar refractivity (Wildman–Crippen MR) is 89.2 cm³/mol. The summed E-state index contributed by atoms with van der Waals surface area (Å²) in [6, 6.07) is 7.89. The van der Waals surface area contributed by atoms with E-state index in [1.54, 1.807) is 11.9 Å². The summed E-state index contributed by atoms with van der Waals surface area (Å²) in [6.07, 6.45) is -0.589. The second kappa shape index (κ2) is 8.27. The molecule has 0 heterocycles. The number of rotatable bonds is 7. The molecule has 0 spiro atoms. The van der Waals surface area contributed by atoms with Crippen LogP contribution in [0.5, 0.6) is 0 Å². The molecule has 1 aromatic carbocycles. The molecule has 1 atom stereocenters. The summed E-state index contributed by atoms with van der Waals surface area (Å²) in [4.78, 5) is 13.7. The van der Waals surface area contributed by atoms with E-state index >= 15 is 0 Å². The molecule has 5 nitrogen and oxygen atoms in total. The predicted octanol–water partition coefficient (Wildman–Crippen LogP) is 1.86. The van der Waals surface area contributed by atoms with Gasteiger partial charge >= 0.3 is 0 Å². The minimum absolute atomic E-state index is 0.0975. The zero-order valence-corrected chi connectivity index (χ0v) is 14.2. The number of benzene rings is 1. The highest BCUT2D eigenvalue weighted by atomic mass is 16.5. The number of hydrogen-bond acceptors (Lipinski definition) is 4. The first-order valence-electron chi connectivity index (χ1n) is 7.48. The van der Waals surface area contributed by atoms with Crippen LogP contribution in [-0.4, -0.2) is 55.9 Å². The number of hydrogen-bond donors (Lipinski definition) is 2. The van der Waals surface area contributed by atoms with Gasteiger partial charge in [-0.15, -0.1) is 0 Å². The quantitative estimate of drug-likeness (QED) is 0.807. The van der Waals surface area contributed by atoms with Gasteiger partial charge in [0, 0.05) is 19.3 Å². The highest BCUT2D eigenvalue weighted by molar-refractivity contribution is 5.92. The second-order valence-electron chi connectivity index (χ2n) is 6.68. The van der Waals surface area contributed by atoms with Gasteiger partial charge in [-0.05, 0) is 30.2 Å². The molecule has 5 heteroatoms. The van der Waals surface area contributed by atoms with Crippen molar-refractivity contribution in [2.45, 2.75) is 32.3 Å². The average Bonchev–Trinajstić information content (AvgIpc) is 2.37. The number of anilines is 1. The molecule has 22 heavy (non-hydrogen) atoms. The fourth-order valence-corrected chi connectivity index (χ4v) is 2.17. The number of aliphatic hydroxyl groups is 1. The van der Waals surface area contributed by atoms with Crippen molar-refractivity contribution < 1.29 is 14.6 Å². The molecule has 0 aliphatic carbocycles. The Morgan fingerprint density at radius 1 is 1.32 bits per heavy atom. The van der Waals surface area contributed by atoms with Gasteiger partial charge in [-0.2, -0.15) is 0 Å².